The van der Waals surface area contributed by atoms with Crippen molar-refractivity contribution in [3.05, 3.63) is 104 Å². The first-order valence-corrected chi connectivity index (χ1v) is 13.7. The SMILES string of the molecule is Cc1ccc([N+](=O)[O-])cc1N1C(=O)[C@H]2C(CC(C)C)NC3(c4ccccc4-n4c3nc3ccccc3c4=O)[C@H]2C1=O. The quantitative estimate of drug-likeness (QED) is 0.232. The summed E-state index contributed by atoms with van der Waals surface area (Å²) in [5.41, 5.74) is 0.913. The summed E-state index contributed by atoms with van der Waals surface area (Å²) in [4.78, 5) is 59.9. The van der Waals surface area contributed by atoms with Gasteiger partial charge < -0.3 is 0 Å². The lowest BCUT2D eigenvalue weighted by molar-refractivity contribution is -0.384. The van der Waals surface area contributed by atoms with Crippen molar-refractivity contribution >= 4 is 34.1 Å². The Balaban J connectivity index is 1.51. The first-order chi connectivity index (χ1) is 19.6. The number of nitro groups is 1. The number of hydrogen-bond acceptors (Lipinski definition) is 7. The van der Waals surface area contributed by atoms with Crippen LogP contribution in [0.2, 0.25) is 0 Å². The van der Waals surface area contributed by atoms with Gasteiger partial charge in [-0.3, -0.25) is 34.4 Å². The van der Waals surface area contributed by atoms with Crippen molar-refractivity contribution in [2.75, 3.05) is 4.90 Å². The minimum Gasteiger partial charge on any atom is -0.297 e. The van der Waals surface area contributed by atoms with Gasteiger partial charge in [-0.25, -0.2) is 9.88 Å². The molecule has 10 nitrogen and oxygen atoms in total. The van der Waals surface area contributed by atoms with Gasteiger partial charge in [-0.15, -0.1) is 0 Å². The van der Waals surface area contributed by atoms with Crippen molar-refractivity contribution < 1.29 is 14.5 Å². The van der Waals surface area contributed by atoms with Crippen LogP contribution in [0, 0.1) is 34.8 Å². The summed E-state index contributed by atoms with van der Waals surface area (Å²) in [5, 5.41) is 15.7. The molecule has 3 aliphatic heterocycles. The van der Waals surface area contributed by atoms with E-state index >= 15 is 0 Å². The average Bonchev–Trinajstić information content (AvgIpc) is 3.52. The molecule has 4 atom stereocenters. The molecule has 0 bridgehead atoms. The van der Waals surface area contributed by atoms with Gasteiger partial charge in [0.1, 0.15) is 11.4 Å². The molecule has 2 unspecified atom stereocenters. The molecule has 0 radical (unpaired) electrons. The van der Waals surface area contributed by atoms with Crippen molar-refractivity contribution in [1.82, 2.24) is 14.9 Å². The third-order valence-corrected chi connectivity index (χ3v) is 8.73. The maximum absolute atomic E-state index is 14.6. The monoisotopic (exact) mass is 549 g/mol. The van der Waals surface area contributed by atoms with E-state index in [1.165, 1.54) is 12.1 Å². The standard InChI is InChI=1S/C31H27N5O5/c1-16(2)14-22-25-26(29(39)34(28(25)38)24-15-18(36(40)41)13-12-17(24)3)31(33-22)20-9-5-7-11-23(20)35-27(37)19-8-4-6-10-21(19)32-30(31)35/h4-13,15-16,22,25-26,33H,14H2,1-3H3/t22?,25-,26+,31?/m0/s1. The lowest BCUT2D eigenvalue weighted by atomic mass is 9.75. The predicted octanol–water partition coefficient (Wildman–Crippen LogP) is 3.98. The summed E-state index contributed by atoms with van der Waals surface area (Å²) < 4.78 is 1.57. The van der Waals surface area contributed by atoms with E-state index in [9.17, 15) is 24.5 Å². The van der Waals surface area contributed by atoms with E-state index < -0.39 is 40.2 Å². The Kier molecular flexibility index (Phi) is 5.33. The van der Waals surface area contributed by atoms with Crippen LogP contribution in [0.4, 0.5) is 11.4 Å². The Hall–Kier alpha value is -4.70. The first kappa shape index (κ1) is 25.3. The highest BCUT2D eigenvalue weighted by molar-refractivity contribution is 6.23. The van der Waals surface area contributed by atoms with Gasteiger partial charge in [0, 0.05) is 23.7 Å². The molecule has 1 N–H and O–H groups in total. The van der Waals surface area contributed by atoms with Crippen molar-refractivity contribution in [1.29, 1.82) is 0 Å². The second-order valence-corrected chi connectivity index (χ2v) is 11.5. The second kappa shape index (κ2) is 8.65. The van der Waals surface area contributed by atoms with E-state index in [1.807, 2.05) is 30.3 Å². The number of para-hydroxylation sites is 2. The van der Waals surface area contributed by atoms with Crippen LogP contribution in [0.5, 0.6) is 0 Å². The normalized spacial score (nSPS) is 24.4. The number of nitrogens with one attached hydrogen (secondary N) is 1. The Bertz CT molecular complexity index is 1880. The number of aryl methyl sites for hydroxylation is 1. The van der Waals surface area contributed by atoms with E-state index in [0.29, 0.717) is 40.0 Å². The number of hydrogen-bond donors (Lipinski definition) is 1. The van der Waals surface area contributed by atoms with Crippen LogP contribution < -0.4 is 15.8 Å². The van der Waals surface area contributed by atoms with E-state index in [-0.39, 0.29) is 22.9 Å². The Morgan fingerprint density at radius 3 is 2.49 bits per heavy atom. The molecule has 4 aromatic rings. The molecule has 4 heterocycles. The molecule has 0 saturated carbocycles. The zero-order chi connectivity index (χ0) is 28.8. The van der Waals surface area contributed by atoms with Crippen LogP contribution in [-0.2, 0) is 15.1 Å². The third-order valence-electron chi connectivity index (χ3n) is 8.73. The molecule has 0 aliphatic carbocycles. The van der Waals surface area contributed by atoms with Gasteiger partial charge in [0.25, 0.3) is 11.2 Å². The number of rotatable bonds is 4. The summed E-state index contributed by atoms with van der Waals surface area (Å²) in [5.74, 6) is -1.97. The third kappa shape index (κ3) is 3.28. The van der Waals surface area contributed by atoms with Gasteiger partial charge in [0.2, 0.25) is 11.8 Å². The summed E-state index contributed by atoms with van der Waals surface area (Å²) in [6, 6.07) is 18.3. The first-order valence-electron chi connectivity index (χ1n) is 13.7. The van der Waals surface area contributed by atoms with Crippen LogP contribution in [0.25, 0.3) is 16.6 Å². The van der Waals surface area contributed by atoms with Crippen LogP contribution in [0.1, 0.15) is 37.2 Å². The number of aromatic nitrogens is 2. The molecule has 3 aromatic carbocycles. The molecule has 10 heteroatoms. The zero-order valence-electron chi connectivity index (χ0n) is 22.7. The minimum absolute atomic E-state index is 0.197. The van der Waals surface area contributed by atoms with Crippen molar-refractivity contribution in [2.45, 2.75) is 38.8 Å². The smallest absolute Gasteiger partial charge is 0.271 e. The van der Waals surface area contributed by atoms with Gasteiger partial charge in [-0.2, -0.15) is 0 Å². The van der Waals surface area contributed by atoms with Gasteiger partial charge >= 0.3 is 0 Å². The molecule has 1 spiro atoms. The van der Waals surface area contributed by atoms with Crippen LogP contribution in [0.15, 0.2) is 71.5 Å². The lowest BCUT2D eigenvalue weighted by Gasteiger charge is -2.32. The van der Waals surface area contributed by atoms with Gasteiger partial charge in [0.15, 0.2) is 0 Å². The van der Waals surface area contributed by atoms with Crippen LogP contribution in [0.3, 0.4) is 0 Å². The summed E-state index contributed by atoms with van der Waals surface area (Å²) >= 11 is 0. The topological polar surface area (TPSA) is 127 Å². The van der Waals surface area contributed by atoms with Crippen LogP contribution in [-0.4, -0.2) is 32.3 Å². The van der Waals surface area contributed by atoms with E-state index in [0.717, 1.165) is 4.90 Å². The molecule has 206 valence electrons. The van der Waals surface area contributed by atoms with E-state index in [4.69, 9.17) is 4.98 Å². The Morgan fingerprint density at radius 2 is 1.73 bits per heavy atom. The van der Waals surface area contributed by atoms with Gasteiger partial charge in [0.05, 0.1) is 39.0 Å². The van der Waals surface area contributed by atoms with Gasteiger partial charge in [-0.1, -0.05) is 50.2 Å². The molecule has 3 aliphatic rings. The van der Waals surface area contributed by atoms with E-state index in [2.05, 4.69) is 19.2 Å². The summed E-state index contributed by atoms with van der Waals surface area (Å²) in [6.45, 7) is 5.83. The van der Waals surface area contributed by atoms with E-state index in [1.54, 1.807) is 35.8 Å². The fraction of sp³-hybridized carbons (Fsp3) is 0.290. The number of benzene rings is 3. The molecule has 2 amide bonds. The molecule has 7 rings (SSSR count). The number of carbonyl (C=O) groups is 2. The maximum atomic E-state index is 14.6. The number of non-ortho nitro benzene ring substituents is 1. The summed E-state index contributed by atoms with van der Waals surface area (Å²) in [7, 11) is 0. The fourth-order valence-electron chi connectivity index (χ4n) is 7.12. The highest BCUT2D eigenvalue weighted by Gasteiger charge is 2.69. The molecule has 41 heavy (non-hydrogen) atoms. The largest absolute Gasteiger partial charge is 0.297 e. The zero-order valence-corrected chi connectivity index (χ0v) is 22.7. The highest BCUT2D eigenvalue weighted by atomic mass is 16.6. The molecular weight excluding hydrogens is 522 g/mol. The second-order valence-electron chi connectivity index (χ2n) is 11.5. The lowest BCUT2D eigenvalue weighted by Crippen LogP contribution is -2.50. The fourth-order valence-corrected chi connectivity index (χ4v) is 7.12. The minimum atomic E-state index is -1.25. The molecular formula is C31H27N5O5. The highest BCUT2D eigenvalue weighted by Crippen LogP contribution is 2.56. The molecule has 2 saturated heterocycles. The maximum Gasteiger partial charge on any atom is 0.271 e. The molecule has 2 fully saturated rings. The van der Waals surface area contributed by atoms with Crippen molar-refractivity contribution in [3.63, 3.8) is 0 Å². The molecule has 1 aromatic heterocycles. The summed E-state index contributed by atoms with van der Waals surface area (Å²) in [6.07, 6.45) is 0.601. The average molecular weight is 550 g/mol. The van der Waals surface area contributed by atoms with Crippen molar-refractivity contribution in [2.24, 2.45) is 17.8 Å². The number of carbonyl (C=O) groups excluding carboxylic acids is 2. The number of anilines is 1. The number of amides is 2. The van der Waals surface area contributed by atoms with Crippen LogP contribution >= 0.6 is 0 Å². The Labute approximate surface area is 234 Å². The number of nitrogens with zero attached hydrogens (tertiary/aromatic N) is 4. The number of fused-ring (bicyclic) bond motifs is 8. The van der Waals surface area contributed by atoms with Crippen molar-refractivity contribution in [3.8, 4) is 5.69 Å². The predicted molar refractivity (Wildman–Crippen MR) is 152 cm³/mol. The van der Waals surface area contributed by atoms with Gasteiger partial charge in [-0.05, 0) is 43.0 Å². The number of imide groups is 1. The Morgan fingerprint density at radius 1 is 1.00 bits per heavy atom. The number of nitro benzene ring substituents is 1.